The van der Waals surface area contributed by atoms with Crippen LogP contribution in [0.15, 0.2) is 9.32 Å². The number of imidazole rings is 1. The molecule has 5 heterocycles. The minimum absolute atomic E-state index is 0.228. The first-order valence-corrected chi connectivity index (χ1v) is 15.5. The molecule has 3 atom stereocenters. The van der Waals surface area contributed by atoms with Crippen molar-refractivity contribution >= 4 is 22.9 Å². The number of ether oxygens (including phenoxy) is 1. The summed E-state index contributed by atoms with van der Waals surface area (Å²) in [6.45, 7) is 8.16. The van der Waals surface area contributed by atoms with Gasteiger partial charge in [-0.25, -0.2) is 14.8 Å². The van der Waals surface area contributed by atoms with E-state index in [1.165, 1.54) is 51.4 Å². The Morgan fingerprint density at radius 2 is 1.90 bits per heavy atom. The van der Waals surface area contributed by atoms with Crippen molar-refractivity contribution in [3.05, 3.63) is 10.6 Å². The maximum atomic E-state index is 11.8. The molecule has 0 aromatic carbocycles. The molecule has 4 fully saturated rings. The van der Waals surface area contributed by atoms with Crippen molar-refractivity contribution in [1.29, 1.82) is 0 Å². The molecule has 0 bridgehead atoms. The number of aromatic nitrogens is 6. The second-order valence-corrected chi connectivity index (χ2v) is 12.8. The summed E-state index contributed by atoms with van der Waals surface area (Å²) in [5.41, 5.74) is 1.61. The van der Waals surface area contributed by atoms with Crippen LogP contribution in [0.25, 0.3) is 22.8 Å². The predicted octanol–water partition coefficient (Wildman–Crippen LogP) is 4.60. The van der Waals surface area contributed by atoms with Gasteiger partial charge in [-0.3, -0.25) is 9.51 Å². The highest BCUT2D eigenvalue weighted by molar-refractivity contribution is 5.87. The van der Waals surface area contributed by atoms with E-state index in [0.717, 1.165) is 62.3 Å². The number of piperidine rings is 1. The Morgan fingerprint density at radius 3 is 2.65 bits per heavy atom. The third-order valence-electron chi connectivity index (χ3n) is 10.1. The van der Waals surface area contributed by atoms with Crippen LogP contribution in [-0.2, 0) is 11.3 Å². The zero-order valence-electron chi connectivity index (χ0n) is 23.8. The molecular formula is C29H42N8O3. The average molecular weight is 551 g/mol. The van der Waals surface area contributed by atoms with Crippen molar-refractivity contribution in [2.24, 2.45) is 23.7 Å². The summed E-state index contributed by atoms with van der Waals surface area (Å²) in [6.07, 6.45) is 12.1. The maximum absolute atomic E-state index is 11.8. The quantitative estimate of drug-likeness (QED) is 0.434. The summed E-state index contributed by atoms with van der Waals surface area (Å²) >= 11 is 0. The van der Waals surface area contributed by atoms with E-state index < -0.39 is 5.76 Å². The first kappa shape index (κ1) is 26.0. The number of rotatable bonds is 7. The summed E-state index contributed by atoms with van der Waals surface area (Å²) < 4.78 is 13.1. The molecule has 2 saturated heterocycles. The molecular weight excluding hydrogens is 508 g/mol. The lowest BCUT2D eigenvalue weighted by Crippen LogP contribution is -2.50. The Kier molecular flexibility index (Phi) is 7.01. The zero-order valence-corrected chi connectivity index (χ0v) is 23.8. The number of hydrogen-bond acceptors (Lipinski definition) is 9. The van der Waals surface area contributed by atoms with Gasteiger partial charge in [-0.15, -0.1) is 0 Å². The van der Waals surface area contributed by atoms with Gasteiger partial charge in [-0.05, 0) is 69.6 Å². The van der Waals surface area contributed by atoms with Gasteiger partial charge in [0.15, 0.2) is 11.5 Å². The summed E-state index contributed by atoms with van der Waals surface area (Å²) in [6, 6.07) is 0.697. The predicted molar refractivity (Wildman–Crippen MR) is 152 cm³/mol. The molecule has 2 unspecified atom stereocenters. The van der Waals surface area contributed by atoms with Crippen LogP contribution >= 0.6 is 0 Å². The van der Waals surface area contributed by atoms with Crippen LogP contribution < -0.4 is 16.0 Å². The highest BCUT2D eigenvalue weighted by Crippen LogP contribution is 2.39. The van der Waals surface area contributed by atoms with Crippen molar-refractivity contribution in [2.75, 3.05) is 30.0 Å². The minimum atomic E-state index is -0.618. The summed E-state index contributed by atoms with van der Waals surface area (Å²) in [5.74, 6) is 4.27. The highest BCUT2D eigenvalue weighted by Gasteiger charge is 2.37. The molecule has 4 aliphatic rings. The van der Waals surface area contributed by atoms with E-state index in [2.05, 4.69) is 38.8 Å². The summed E-state index contributed by atoms with van der Waals surface area (Å²) in [7, 11) is 0. The molecule has 3 aromatic heterocycles. The van der Waals surface area contributed by atoms with Gasteiger partial charge in [0.25, 0.3) is 0 Å². The van der Waals surface area contributed by atoms with Crippen molar-refractivity contribution in [3.8, 4) is 11.6 Å². The van der Waals surface area contributed by atoms with E-state index in [1.54, 1.807) is 0 Å². The largest absolute Gasteiger partial charge is 0.439 e. The van der Waals surface area contributed by atoms with Gasteiger partial charge < -0.3 is 19.5 Å². The van der Waals surface area contributed by atoms with Gasteiger partial charge in [-0.2, -0.15) is 4.98 Å². The summed E-state index contributed by atoms with van der Waals surface area (Å²) in [4.78, 5) is 32.0. The van der Waals surface area contributed by atoms with Crippen LogP contribution in [0.2, 0.25) is 0 Å². The molecule has 3 aromatic rings. The fourth-order valence-electron chi connectivity index (χ4n) is 7.40. The van der Waals surface area contributed by atoms with Crippen LogP contribution in [0, 0.1) is 23.7 Å². The number of aromatic amines is 1. The van der Waals surface area contributed by atoms with Crippen molar-refractivity contribution < 1.29 is 9.26 Å². The molecule has 40 heavy (non-hydrogen) atoms. The normalized spacial score (nSPS) is 28.3. The number of hydrogen-bond donors (Lipinski definition) is 2. The molecule has 11 nitrogen and oxygen atoms in total. The SMILES string of the molecule is CC1CCC(Cn2c(N3CCCC4COCCC43)nc3nc(-c4noc(=O)[nH]4)nc(N[C@H](C)C4CCC4)c32)CC1. The Morgan fingerprint density at radius 1 is 1.05 bits per heavy atom. The standard InChI is InChI=1S/C29H42N8O3/c1-17-8-10-19(11-9-17)15-37-23-24(30-18(2)20-5-3-6-20)31-26(27-34-29(38)40-35-27)32-25(23)33-28(37)36-13-4-7-21-16-39-14-12-22(21)36/h17-22H,3-16H2,1-2H3,(H,30,31,32)(H,34,35,38)/t17?,18-,19?,21?,22?/m1/s1. The smallest absolute Gasteiger partial charge is 0.381 e. The fourth-order valence-corrected chi connectivity index (χ4v) is 7.40. The number of nitrogens with one attached hydrogen (secondary N) is 2. The van der Waals surface area contributed by atoms with Crippen LogP contribution in [0.1, 0.15) is 78.1 Å². The molecule has 2 N–H and O–H groups in total. The molecule has 2 aliphatic heterocycles. The zero-order chi connectivity index (χ0) is 27.2. The molecule has 0 spiro atoms. The van der Waals surface area contributed by atoms with Gasteiger partial charge in [0.1, 0.15) is 5.52 Å². The second-order valence-electron chi connectivity index (χ2n) is 12.8. The van der Waals surface area contributed by atoms with E-state index in [-0.39, 0.29) is 11.9 Å². The lowest BCUT2D eigenvalue weighted by molar-refractivity contribution is 0.0278. The van der Waals surface area contributed by atoms with Crippen molar-refractivity contribution in [1.82, 2.24) is 29.7 Å². The number of anilines is 2. The fraction of sp³-hybridized carbons (Fsp3) is 0.759. The molecule has 0 radical (unpaired) electrons. The topological polar surface area (TPSA) is 127 Å². The van der Waals surface area contributed by atoms with Crippen molar-refractivity contribution in [2.45, 2.75) is 96.7 Å². The van der Waals surface area contributed by atoms with Gasteiger partial charge in [0.05, 0.1) is 6.61 Å². The van der Waals surface area contributed by atoms with E-state index in [9.17, 15) is 4.79 Å². The number of fused-ring (bicyclic) bond motifs is 2. The molecule has 0 amide bonds. The third-order valence-corrected chi connectivity index (χ3v) is 10.1. The Hall–Kier alpha value is -2.95. The molecule has 2 saturated carbocycles. The van der Waals surface area contributed by atoms with Crippen LogP contribution in [0.3, 0.4) is 0 Å². The first-order chi connectivity index (χ1) is 19.5. The van der Waals surface area contributed by atoms with Crippen LogP contribution in [0.4, 0.5) is 11.8 Å². The molecule has 11 heteroatoms. The number of H-pyrrole nitrogens is 1. The maximum Gasteiger partial charge on any atom is 0.439 e. The second kappa shape index (κ2) is 10.8. The highest BCUT2D eigenvalue weighted by atomic mass is 16.5. The third kappa shape index (κ3) is 4.90. The first-order valence-electron chi connectivity index (χ1n) is 15.5. The summed E-state index contributed by atoms with van der Waals surface area (Å²) in [5, 5.41) is 7.65. The Labute approximate surface area is 234 Å². The minimum Gasteiger partial charge on any atom is -0.381 e. The number of nitrogens with zero attached hydrogens (tertiary/aromatic N) is 6. The monoisotopic (exact) mass is 550 g/mol. The molecule has 216 valence electrons. The molecule has 2 aliphatic carbocycles. The van der Waals surface area contributed by atoms with E-state index in [1.807, 2.05) is 0 Å². The van der Waals surface area contributed by atoms with Gasteiger partial charge in [0, 0.05) is 37.7 Å². The Balaban J connectivity index is 1.36. The lowest BCUT2D eigenvalue weighted by Gasteiger charge is -2.44. The van der Waals surface area contributed by atoms with E-state index >= 15 is 0 Å². The van der Waals surface area contributed by atoms with Crippen LogP contribution in [-0.4, -0.2) is 61.5 Å². The molecule has 7 rings (SSSR count). The van der Waals surface area contributed by atoms with Gasteiger partial charge >= 0.3 is 5.76 Å². The van der Waals surface area contributed by atoms with Crippen molar-refractivity contribution in [3.63, 3.8) is 0 Å². The van der Waals surface area contributed by atoms with E-state index in [0.29, 0.717) is 35.3 Å². The van der Waals surface area contributed by atoms with E-state index in [4.69, 9.17) is 24.2 Å². The van der Waals surface area contributed by atoms with Crippen LogP contribution in [0.5, 0.6) is 0 Å². The Bertz CT molecular complexity index is 1380. The van der Waals surface area contributed by atoms with Gasteiger partial charge in [-0.1, -0.05) is 31.3 Å². The average Bonchev–Trinajstić information content (AvgIpc) is 3.52. The van der Waals surface area contributed by atoms with Gasteiger partial charge in [0.2, 0.25) is 17.6 Å². The lowest BCUT2D eigenvalue weighted by atomic mass is 9.80.